The Hall–Kier alpha value is -1.96. The Kier molecular flexibility index (Phi) is 4.69. The molecule has 1 atom stereocenters. The van der Waals surface area contributed by atoms with Gasteiger partial charge in [0.25, 0.3) is 5.91 Å². The molecule has 132 valence electrons. The van der Waals surface area contributed by atoms with Crippen LogP contribution in [0.25, 0.3) is 5.69 Å². The van der Waals surface area contributed by atoms with E-state index >= 15 is 0 Å². The van der Waals surface area contributed by atoms with E-state index in [1.807, 2.05) is 24.3 Å². The van der Waals surface area contributed by atoms with Crippen LogP contribution in [0.4, 0.5) is 5.82 Å². The largest absolute Gasteiger partial charge is 0.306 e. The summed E-state index contributed by atoms with van der Waals surface area (Å²) in [5, 5.41) is 8.07. The van der Waals surface area contributed by atoms with Crippen LogP contribution in [0, 0.1) is 0 Å². The molecule has 1 aliphatic heterocycles. The standard InChI is InChI=1S/C18H13BrClN3O2S/c19-12-6-4-11(5-7-12)18(24)21-17-15-9-26(25)10-16(15)22-23(17)14-3-1-2-13(20)8-14/h1-8H,9-10H2,(H,21,24). The summed E-state index contributed by atoms with van der Waals surface area (Å²) in [7, 11) is -0.989. The van der Waals surface area contributed by atoms with Crippen molar-refractivity contribution in [3.05, 3.63) is 74.8 Å². The molecule has 0 spiro atoms. The van der Waals surface area contributed by atoms with Gasteiger partial charge in [0.05, 0.1) is 22.9 Å². The normalized spacial score (nSPS) is 15.7. The lowest BCUT2D eigenvalue weighted by atomic mass is 10.2. The number of hydrogen-bond donors (Lipinski definition) is 1. The van der Waals surface area contributed by atoms with Gasteiger partial charge in [-0.3, -0.25) is 9.00 Å². The molecule has 0 radical (unpaired) electrons. The van der Waals surface area contributed by atoms with Crippen LogP contribution in [0.2, 0.25) is 5.02 Å². The van der Waals surface area contributed by atoms with E-state index in [-0.39, 0.29) is 5.91 Å². The van der Waals surface area contributed by atoms with Crippen LogP contribution >= 0.6 is 27.5 Å². The minimum Gasteiger partial charge on any atom is -0.306 e. The molecule has 0 saturated heterocycles. The van der Waals surface area contributed by atoms with Gasteiger partial charge in [-0.25, -0.2) is 4.68 Å². The Labute approximate surface area is 165 Å². The molecule has 4 rings (SSSR count). The highest BCUT2D eigenvalue weighted by molar-refractivity contribution is 9.10. The molecule has 2 aromatic carbocycles. The molecule has 0 bridgehead atoms. The van der Waals surface area contributed by atoms with Gasteiger partial charge in [0.15, 0.2) is 0 Å². The summed E-state index contributed by atoms with van der Waals surface area (Å²) in [5.41, 5.74) is 2.83. The monoisotopic (exact) mass is 449 g/mol. The van der Waals surface area contributed by atoms with Crippen molar-refractivity contribution in [3.63, 3.8) is 0 Å². The summed E-state index contributed by atoms with van der Waals surface area (Å²) in [6, 6.07) is 14.3. The van der Waals surface area contributed by atoms with Crippen molar-refractivity contribution < 1.29 is 9.00 Å². The van der Waals surface area contributed by atoms with Crippen LogP contribution in [0.1, 0.15) is 21.6 Å². The molecule has 2 heterocycles. The first-order chi connectivity index (χ1) is 12.5. The van der Waals surface area contributed by atoms with E-state index in [1.165, 1.54) is 0 Å². The molecule has 1 aliphatic rings. The Morgan fingerprint density at radius 3 is 2.69 bits per heavy atom. The molecule has 0 fully saturated rings. The molecule has 0 aliphatic carbocycles. The third-order valence-electron chi connectivity index (χ3n) is 4.06. The highest BCUT2D eigenvalue weighted by atomic mass is 79.9. The van der Waals surface area contributed by atoms with E-state index in [1.54, 1.807) is 28.9 Å². The lowest BCUT2D eigenvalue weighted by Gasteiger charge is -2.11. The number of nitrogens with zero attached hydrogens (tertiary/aromatic N) is 2. The zero-order chi connectivity index (χ0) is 18.3. The number of nitrogens with one attached hydrogen (secondary N) is 1. The first kappa shape index (κ1) is 17.5. The molecule has 8 heteroatoms. The van der Waals surface area contributed by atoms with Gasteiger partial charge in [-0.15, -0.1) is 0 Å². The topological polar surface area (TPSA) is 64.0 Å². The number of anilines is 1. The van der Waals surface area contributed by atoms with Gasteiger partial charge >= 0.3 is 0 Å². The average Bonchev–Trinajstić information content (AvgIpc) is 3.12. The number of fused-ring (bicyclic) bond motifs is 1. The predicted molar refractivity (Wildman–Crippen MR) is 106 cm³/mol. The van der Waals surface area contributed by atoms with E-state index in [0.717, 1.165) is 21.4 Å². The summed E-state index contributed by atoms with van der Waals surface area (Å²) >= 11 is 9.46. The highest BCUT2D eigenvalue weighted by Crippen LogP contribution is 2.32. The van der Waals surface area contributed by atoms with Crippen LogP contribution in [0.5, 0.6) is 0 Å². The number of rotatable bonds is 3. The fraction of sp³-hybridized carbons (Fsp3) is 0.111. The van der Waals surface area contributed by atoms with E-state index in [0.29, 0.717) is 27.9 Å². The van der Waals surface area contributed by atoms with E-state index < -0.39 is 10.8 Å². The summed E-state index contributed by atoms with van der Waals surface area (Å²) in [5.74, 6) is 1.07. The number of benzene rings is 2. The molecule has 26 heavy (non-hydrogen) atoms. The number of halogens is 2. The van der Waals surface area contributed by atoms with Crippen molar-refractivity contribution in [1.82, 2.24) is 9.78 Å². The number of carbonyl (C=O) groups excluding carboxylic acids is 1. The third-order valence-corrected chi connectivity index (χ3v) is 6.03. The SMILES string of the molecule is O=C(Nc1c2c(nn1-c1cccc(Cl)c1)CS(=O)C2)c1ccc(Br)cc1. The lowest BCUT2D eigenvalue weighted by molar-refractivity contribution is 0.102. The van der Waals surface area contributed by atoms with Gasteiger partial charge in [-0.2, -0.15) is 5.10 Å². The fourth-order valence-electron chi connectivity index (χ4n) is 2.83. The number of hydrogen-bond acceptors (Lipinski definition) is 3. The average molecular weight is 451 g/mol. The molecular weight excluding hydrogens is 438 g/mol. The second kappa shape index (κ2) is 6.98. The summed E-state index contributed by atoms with van der Waals surface area (Å²) in [6.45, 7) is 0. The van der Waals surface area contributed by atoms with Gasteiger partial charge in [-0.05, 0) is 42.5 Å². The summed E-state index contributed by atoms with van der Waals surface area (Å²) < 4.78 is 14.5. The Morgan fingerprint density at radius 2 is 1.96 bits per heavy atom. The molecule has 5 nitrogen and oxygen atoms in total. The molecule has 0 saturated carbocycles. The maximum atomic E-state index is 12.7. The highest BCUT2D eigenvalue weighted by Gasteiger charge is 2.28. The molecule has 1 N–H and O–H groups in total. The van der Waals surface area contributed by atoms with Gasteiger partial charge in [0, 0.05) is 31.4 Å². The molecule has 1 amide bonds. The van der Waals surface area contributed by atoms with Gasteiger partial charge in [0.2, 0.25) is 0 Å². The van der Waals surface area contributed by atoms with Gasteiger partial charge in [-0.1, -0.05) is 33.6 Å². The Balaban J connectivity index is 1.75. The second-order valence-corrected chi connectivity index (χ2v) is 8.66. The van der Waals surface area contributed by atoms with Crippen molar-refractivity contribution in [1.29, 1.82) is 0 Å². The molecular formula is C18H13BrClN3O2S. The van der Waals surface area contributed by atoms with Crippen LogP contribution in [0.3, 0.4) is 0 Å². The van der Waals surface area contributed by atoms with E-state index in [2.05, 4.69) is 26.3 Å². The molecule has 3 aromatic rings. The smallest absolute Gasteiger partial charge is 0.256 e. The van der Waals surface area contributed by atoms with Gasteiger partial charge in [0.1, 0.15) is 5.82 Å². The van der Waals surface area contributed by atoms with Crippen LogP contribution in [-0.4, -0.2) is 19.9 Å². The minimum absolute atomic E-state index is 0.249. The minimum atomic E-state index is -0.989. The first-order valence-corrected chi connectivity index (χ1v) is 10.5. The Bertz CT molecular complexity index is 1030. The van der Waals surface area contributed by atoms with E-state index in [4.69, 9.17) is 11.6 Å². The van der Waals surface area contributed by atoms with Crippen molar-refractivity contribution in [2.75, 3.05) is 5.32 Å². The maximum absolute atomic E-state index is 12.7. The Morgan fingerprint density at radius 1 is 1.19 bits per heavy atom. The number of amides is 1. The first-order valence-electron chi connectivity index (χ1n) is 7.80. The van der Waals surface area contributed by atoms with Crippen molar-refractivity contribution in [2.45, 2.75) is 11.5 Å². The van der Waals surface area contributed by atoms with Crippen molar-refractivity contribution in [2.24, 2.45) is 0 Å². The van der Waals surface area contributed by atoms with Crippen molar-refractivity contribution >= 4 is 50.1 Å². The second-order valence-electron chi connectivity index (χ2n) is 5.86. The van der Waals surface area contributed by atoms with Crippen molar-refractivity contribution in [3.8, 4) is 5.69 Å². The van der Waals surface area contributed by atoms with Crippen LogP contribution < -0.4 is 5.32 Å². The third kappa shape index (κ3) is 3.34. The maximum Gasteiger partial charge on any atom is 0.256 e. The summed E-state index contributed by atoms with van der Waals surface area (Å²) in [6.07, 6.45) is 0. The quantitative estimate of drug-likeness (QED) is 0.647. The van der Waals surface area contributed by atoms with Crippen LogP contribution in [-0.2, 0) is 22.3 Å². The van der Waals surface area contributed by atoms with E-state index in [9.17, 15) is 9.00 Å². The zero-order valence-electron chi connectivity index (χ0n) is 13.4. The number of aromatic nitrogens is 2. The fourth-order valence-corrected chi connectivity index (χ4v) is 4.54. The zero-order valence-corrected chi connectivity index (χ0v) is 16.6. The molecule has 1 aromatic heterocycles. The van der Waals surface area contributed by atoms with Gasteiger partial charge < -0.3 is 5.32 Å². The lowest BCUT2D eigenvalue weighted by Crippen LogP contribution is -2.16. The van der Waals surface area contributed by atoms with Crippen LogP contribution in [0.15, 0.2) is 53.0 Å². The molecule has 1 unspecified atom stereocenters. The summed E-state index contributed by atoms with van der Waals surface area (Å²) in [4.78, 5) is 12.7. The number of carbonyl (C=O) groups is 1. The predicted octanol–water partition coefficient (Wildman–Crippen LogP) is 4.30.